The zero-order valence-electron chi connectivity index (χ0n) is 17.7. The van der Waals surface area contributed by atoms with Crippen LogP contribution in [0.2, 0.25) is 0 Å². The number of likely N-dealkylation sites (tertiary alicyclic amines) is 1. The summed E-state index contributed by atoms with van der Waals surface area (Å²) >= 11 is 0. The van der Waals surface area contributed by atoms with E-state index < -0.39 is 0 Å². The first-order chi connectivity index (χ1) is 13.7. The van der Waals surface area contributed by atoms with Crippen LogP contribution in [0.25, 0.3) is 0 Å². The molecule has 1 aliphatic heterocycles. The first kappa shape index (κ1) is 19.7. The molecule has 1 aliphatic carbocycles. The van der Waals surface area contributed by atoms with Crippen molar-refractivity contribution in [3.8, 4) is 0 Å². The van der Waals surface area contributed by atoms with Crippen LogP contribution in [-0.2, 0) is 19.5 Å². The number of aromatic amines is 1. The third kappa shape index (κ3) is 5.03. The van der Waals surface area contributed by atoms with Gasteiger partial charge < -0.3 is 4.90 Å². The highest BCUT2D eigenvalue weighted by Crippen LogP contribution is 2.42. The molecule has 0 spiro atoms. The van der Waals surface area contributed by atoms with Gasteiger partial charge in [-0.3, -0.25) is 10.00 Å². The van der Waals surface area contributed by atoms with E-state index in [9.17, 15) is 0 Å². The summed E-state index contributed by atoms with van der Waals surface area (Å²) in [5.41, 5.74) is 5.46. The maximum atomic E-state index is 4.46. The fourth-order valence-corrected chi connectivity index (χ4v) is 4.92. The monoisotopic (exact) mass is 380 g/mol. The van der Waals surface area contributed by atoms with Gasteiger partial charge in [-0.1, -0.05) is 37.6 Å². The van der Waals surface area contributed by atoms with Crippen LogP contribution >= 0.6 is 0 Å². The van der Waals surface area contributed by atoms with Crippen LogP contribution in [0.1, 0.15) is 67.5 Å². The van der Waals surface area contributed by atoms with Gasteiger partial charge in [0.2, 0.25) is 0 Å². The number of hydrogen-bond acceptors (Lipinski definition) is 3. The summed E-state index contributed by atoms with van der Waals surface area (Å²) in [6.45, 7) is 8.02. The van der Waals surface area contributed by atoms with Crippen molar-refractivity contribution in [1.29, 1.82) is 0 Å². The molecule has 0 bridgehead atoms. The van der Waals surface area contributed by atoms with Crippen molar-refractivity contribution >= 4 is 0 Å². The molecule has 4 nitrogen and oxygen atoms in total. The molecule has 1 aromatic heterocycles. The predicted molar refractivity (Wildman–Crippen MR) is 115 cm³/mol. The largest absolute Gasteiger partial charge is 0.300 e. The summed E-state index contributed by atoms with van der Waals surface area (Å²) < 4.78 is 0. The van der Waals surface area contributed by atoms with E-state index in [-0.39, 0.29) is 0 Å². The van der Waals surface area contributed by atoms with Crippen LogP contribution < -0.4 is 0 Å². The second kappa shape index (κ2) is 9.23. The molecule has 1 N–H and O–H groups in total. The van der Waals surface area contributed by atoms with Crippen molar-refractivity contribution in [1.82, 2.24) is 20.0 Å². The predicted octanol–water partition coefficient (Wildman–Crippen LogP) is 4.58. The van der Waals surface area contributed by atoms with Gasteiger partial charge in [0.15, 0.2) is 0 Å². The van der Waals surface area contributed by atoms with Crippen LogP contribution in [0.5, 0.6) is 0 Å². The maximum absolute atomic E-state index is 4.46. The normalized spacial score (nSPS) is 22.7. The number of nitrogens with zero attached hydrogens (tertiary/aromatic N) is 3. The molecule has 1 aromatic carbocycles. The van der Waals surface area contributed by atoms with Crippen LogP contribution in [0.3, 0.4) is 0 Å². The molecule has 0 atom stereocenters. The molecule has 4 heteroatoms. The van der Waals surface area contributed by atoms with Gasteiger partial charge in [0.1, 0.15) is 0 Å². The SMILES string of the molecule is CCCc1cc(CN(C)C[C@H]2C[C@H](c3ccc(CN4CCCC4)cc3)C2)n[nH]1. The first-order valence-electron chi connectivity index (χ1n) is 11.2. The number of nitrogens with one attached hydrogen (secondary N) is 1. The first-order valence-corrected chi connectivity index (χ1v) is 11.2. The number of benzene rings is 1. The molecule has 4 rings (SSSR count). The van der Waals surface area contributed by atoms with E-state index >= 15 is 0 Å². The lowest BCUT2D eigenvalue weighted by Gasteiger charge is -2.38. The average Bonchev–Trinajstić information content (AvgIpc) is 3.31. The molecular weight excluding hydrogens is 344 g/mol. The highest BCUT2D eigenvalue weighted by molar-refractivity contribution is 5.27. The summed E-state index contributed by atoms with van der Waals surface area (Å²) in [5, 5.41) is 7.63. The molecule has 1 saturated heterocycles. The molecule has 28 heavy (non-hydrogen) atoms. The lowest BCUT2D eigenvalue weighted by Crippen LogP contribution is -2.33. The second-order valence-electron chi connectivity index (χ2n) is 9.09. The molecule has 2 aliphatic rings. The Labute approximate surface area is 170 Å². The Morgan fingerprint density at radius 2 is 1.89 bits per heavy atom. The summed E-state index contributed by atoms with van der Waals surface area (Å²) in [7, 11) is 2.23. The number of aromatic nitrogens is 2. The van der Waals surface area contributed by atoms with E-state index in [0.717, 1.165) is 31.3 Å². The molecule has 0 amide bonds. The number of rotatable bonds is 9. The molecular formula is C24H36N4. The molecule has 2 aromatic rings. The molecule has 0 unspecified atom stereocenters. The fraction of sp³-hybridized carbons (Fsp3) is 0.625. The van der Waals surface area contributed by atoms with Gasteiger partial charge in [-0.2, -0.15) is 5.10 Å². The van der Waals surface area contributed by atoms with Crippen LogP contribution in [0.4, 0.5) is 0 Å². The van der Waals surface area contributed by atoms with Crippen molar-refractivity contribution in [2.45, 2.75) is 64.5 Å². The molecule has 0 radical (unpaired) electrons. The highest BCUT2D eigenvalue weighted by atomic mass is 15.2. The van der Waals surface area contributed by atoms with Gasteiger partial charge in [-0.15, -0.1) is 0 Å². The topological polar surface area (TPSA) is 35.2 Å². The standard InChI is InChI=1S/C24H36N4/c1-3-6-23-15-24(26-25-23)18-27(2)16-20-13-22(14-20)21-9-7-19(8-10-21)17-28-11-4-5-12-28/h7-10,15,20,22H,3-6,11-14,16-18H2,1-2H3,(H,25,26)/t20-,22-. The van der Waals surface area contributed by atoms with E-state index in [1.807, 2.05) is 0 Å². The second-order valence-corrected chi connectivity index (χ2v) is 9.09. The van der Waals surface area contributed by atoms with Gasteiger partial charge in [-0.25, -0.2) is 0 Å². The zero-order chi connectivity index (χ0) is 19.3. The van der Waals surface area contributed by atoms with Gasteiger partial charge in [0, 0.05) is 25.3 Å². The Hall–Kier alpha value is -1.65. The van der Waals surface area contributed by atoms with Gasteiger partial charge in [-0.05, 0) is 81.3 Å². The molecule has 2 heterocycles. The lowest BCUT2D eigenvalue weighted by molar-refractivity contribution is 0.175. The van der Waals surface area contributed by atoms with Crippen LogP contribution in [0, 0.1) is 5.92 Å². The Morgan fingerprint density at radius 1 is 1.14 bits per heavy atom. The van der Waals surface area contributed by atoms with E-state index in [4.69, 9.17) is 0 Å². The van der Waals surface area contributed by atoms with E-state index in [1.54, 1.807) is 5.56 Å². The van der Waals surface area contributed by atoms with Crippen molar-refractivity contribution in [2.24, 2.45) is 5.92 Å². The average molecular weight is 381 g/mol. The summed E-state index contributed by atoms with van der Waals surface area (Å²) in [6, 6.07) is 11.7. The maximum Gasteiger partial charge on any atom is 0.0765 e. The van der Waals surface area contributed by atoms with Gasteiger partial charge in [0.25, 0.3) is 0 Å². The smallest absolute Gasteiger partial charge is 0.0765 e. The van der Waals surface area contributed by atoms with Crippen LogP contribution in [0.15, 0.2) is 30.3 Å². The van der Waals surface area contributed by atoms with Gasteiger partial charge in [0.05, 0.1) is 5.69 Å². The third-order valence-electron chi connectivity index (χ3n) is 6.50. The van der Waals surface area contributed by atoms with Crippen molar-refractivity contribution in [2.75, 3.05) is 26.7 Å². The van der Waals surface area contributed by atoms with Crippen LogP contribution in [-0.4, -0.2) is 46.7 Å². The Kier molecular flexibility index (Phi) is 6.48. The minimum atomic E-state index is 0.765. The summed E-state index contributed by atoms with van der Waals surface area (Å²) in [4.78, 5) is 5.01. The van der Waals surface area contributed by atoms with E-state index in [0.29, 0.717) is 0 Å². The summed E-state index contributed by atoms with van der Waals surface area (Å²) in [5.74, 6) is 1.59. The minimum Gasteiger partial charge on any atom is -0.300 e. The number of hydrogen-bond donors (Lipinski definition) is 1. The fourth-order valence-electron chi connectivity index (χ4n) is 4.92. The Balaban J connectivity index is 1.19. The molecule has 152 valence electrons. The minimum absolute atomic E-state index is 0.765. The Bertz CT molecular complexity index is 723. The van der Waals surface area contributed by atoms with E-state index in [2.05, 4.69) is 64.3 Å². The van der Waals surface area contributed by atoms with Crippen molar-refractivity contribution < 1.29 is 0 Å². The highest BCUT2D eigenvalue weighted by Gasteiger charge is 2.31. The van der Waals surface area contributed by atoms with Gasteiger partial charge >= 0.3 is 0 Å². The lowest BCUT2D eigenvalue weighted by atomic mass is 9.71. The Morgan fingerprint density at radius 3 is 2.61 bits per heavy atom. The molecule has 2 fully saturated rings. The summed E-state index contributed by atoms with van der Waals surface area (Å²) in [6.07, 6.45) is 7.67. The zero-order valence-corrected chi connectivity index (χ0v) is 17.7. The third-order valence-corrected chi connectivity index (χ3v) is 6.50. The quantitative estimate of drug-likeness (QED) is 0.691. The van der Waals surface area contributed by atoms with Crippen molar-refractivity contribution in [3.05, 3.63) is 52.8 Å². The molecule has 1 saturated carbocycles. The number of H-pyrrole nitrogens is 1. The number of aryl methyl sites for hydroxylation is 1. The van der Waals surface area contributed by atoms with Crippen molar-refractivity contribution in [3.63, 3.8) is 0 Å². The van der Waals surface area contributed by atoms with E-state index in [1.165, 1.54) is 68.7 Å².